The number of nitrogens with zero attached hydrogens (tertiary/aromatic N) is 2. The van der Waals surface area contributed by atoms with Crippen LogP contribution < -0.4 is 9.47 Å². The normalized spacial score (nSPS) is 9.79. The topological polar surface area (TPSA) is 55.1 Å². The van der Waals surface area contributed by atoms with E-state index in [9.17, 15) is 0 Å². The minimum atomic E-state index is 0.470. The molecule has 2 rings (SSSR count). The molecule has 0 aliphatic rings. The number of rotatable bonds is 3. The summed E-state index contributed by atoms with van der Waals surface area (Å²) in [5.41, 5.74) is 1.31. The lowest BCUT2D eigenvalue weighted by Crippen LogP contribution is -1.92. The SMILES string of the molecule is COc1cc(C#N)cc(Oc2ccc(Br)c(C)n2)c1. The highest BCUT2D eigenvalue weighted by atomic mass is 79.9. The van der Waals surface area contributed by atoms with E-state index in [1.54, 1.807) is 31.4 Å². The van der Waals surface area contributed by atoms with Crippen LogP contribution in [0.4, 0.5) is 0 Å². The van der Waals surface area contributed by atoms with Crippen LogP contribution in [0, 0.1) is 18.3 Å². The van der Waals surface area contributed by atoms with E-state index >= 15 is 0 Å². The first-order chi connectivity index (χ1) is 9.12. The molecule has 0 saturated carbocycles. The number of aromatic nitrogens is 1. The lowest BCUT2D eigenvalue weighted by molar-refractivity contribution is 0.407. The van der Waals surface area contributed by atoms with Crippen molar-refractivity contribution in [3.63, 3.8) is 0 Å². The van der Waals surface area contributed by atoms with Gasteiger partial charge in [0.1, 0.15) is 11.5 Å². The molecule has 0 spiro atoms. The first-order valence-electron chi connectivity index (χ1n) is 5.52. The average Bonchev–Trinajstić information content (AvgIpc) is 2.42. The first kappa shape index (κ1) is 13.4. The van der Waals surface area contributed by atoms with Gasteiger partial charge >= 0.3 is 0 Å². The second-order valence-electron chi connectivity index (χ2n) is 3.83. The largest absolute Gasteiger partial charge is 0.497 e. The number of hydrogen-bond donors (Lipinski definition) is 0. The highest BCUT2D eigenvalue weighted by molar-refractivity contribution is 9.10. The summed E-state index contributed by atoms with van der Waals surface area (Å²) in [5.74, 6) is 1.56. The number of methoxy groups -OCH3 is 1. The fraction of sp³-hybridized carbons (Fsp3) is 0.143. The standard InChI is InChI=1S/C14H11BrN2O2/c1-9-13(15)3-4-14(17-9)19-12-6-10(8-16)5-11(7-12)18-2/h3-7H,1-2H3. The van der Waals surface area contributed by atoms with E-state index in [-0.39, 0.29) is 0 Å². The monoisotopic (exact) mass is 318 g/mol. The van der Waals surface area contributed by atoms with Gasteiger partial charge in [-0.1, -0.05) is 0 Å². The van der Waals surface area contributed by atoms with Gasteiger partial charge in [-0.2, -0.15) is 5.26 Å². The highest BCUT2D eigenvalue weighted by Crippen LogP contribution is 2.27. The number of ether oxygens (including phenoxy) is 2. The van der Waals surface area contributed by atoms with Crippen LogP contribution >= 0.6 is 15.9 Å². The van der Waals surface area contributed by atoms with Crippen LogP contribution in [0.25, 0.3) is 0 Å². The second-order valence-corrected chi connectivity index (χ2v) is 4.68. The maximum atomic E-state index is 8.95. The van der Waals surface area contributed by atoms with E-state index < -0.39 is 0 Å². The van der Waals surface area contributed by atoms with Crippen molar-refractivity contribution in [2.24, 2.45) is 0 Å². The minimum Gasteiger partial charge on any atom is -0.497 e. The van der Waals surface area contributed by atoms with Gasteiger partial charge in [0.25, 0.3) is 0 Å². The molecule has 1 aromatic heterocycles. The van der Waals surface area contributed by atoms with Crippen LogP contribution in [-0.4, -0.2) is 12.1 Å². The third kappa shape index (κ3) is 3.24. The Morgan fingerprint density at radius 1 is 1.21 bits per heavy atom. The molecule has 2 aromatic rings. The Kier molecular flexibility index (Phi) is 4.03. The van der Waals surface area contributed by atoms with Crippen molar-refractivity contribution in [3.8, 4) is 23.4 Å². The van der Waals surface area contributed by atoms with Gasteiger partial charge in [-0.05, 0) is 41.1 Å². The molecular weight excluding hydrogens is 308 g/mol. The Labute approximate surface area is 119 Å². The van der Waals surface area contributed by atoms with E-state index in [0.717, 1.165) is 10.2 Å². The van der Waals surface area contributed by atoms with Crippen LogP contribution in [-0.2, 0) is 0 Å². The molecule has 0 aliphatic carbocycles. The van der Waals surface area contributed by atoms with Crippen LogP contribution in [0.3, 0.4) is 0 Å². The van der Waals surface area contributed by atoms with Gasteiger partial charge in [-0.25, -0.2) is 4.98 Å². The van der Waals surface area contributed by atoms with Gasteiger partial charge in [0.2, 0.25) is 5.88 Å². The maximum absolute atomic E-state index is 8.95. The summed E-state index contributed by atoms with van der Waals surface area (Å²) >= 11 is 3.38. The van der Waals surface area contributed by atoms with Crippen molar-refractivity contribution < 1.29 is 9.47 Å². The fourth-order valence-electron chi connectivity index (χ4n) is 1.51. The Hall–Kier alpha value is -2.06. The van der Waals surface area contributed by atoms with Gasteiger partial charge in [-0.15, -0.1) is 0 Å². The van der Waals surface area contributed by atoms with E-state index in [2.05, 4.69) is 27.0 Å². The van der Waals surface area contributed by atoms with Gasteiger partial charge < -0.3 is 9.47 Å². The van der Waals surface area contributed by atoms with E-state index in [1.807, 2.05) is 13.0 Å². The number of benzene rings is 1. The second kappa shape index (κ2) is 5.72. The maximum Gasteiger partial charge on any atom is 0.219 e. The number of aryl methyl sites for hydroxylation is 1. The average molecular weight is 319 g/mol. The van der Waals surface area contributed by atoms with Crippen LogP contribution in [0.2, 0.25) is 0 Å². The molecule has 4 nitrogen and oxygen atoms in total. The van der Waals surface area contributed by atoms with Gasteiger partial charge in [0, 0.05) is 16.6 Å². The molecule has 0 fully saturated rings. The Morgan fingerprint density at radius 2 is 1.95 bits per heavy atom. The van der Waals surface area contributed by atoms with Crippen LogP contribution in [0.1, 0.15) is 11.3 Å². The molecule has 96 valence electrons. The molecule has 0 unspecified atom stereocenters. The molecule has 1 heterocycles. The molecule has 5 heteroatoms. The summed E-state index contributed by atoms with van der Waals surface area (Å²) in [7, 11) is 1.54. The lowest BCUT2D eigenvalue weighted by Gasteiger charge is -2.08. The summed E-state index contributed by atoms with van der Waals surface area (Å²) in [4.78, 5) is 4.29. The van der Waals surface area contributed by atoms with Crippen molar-refractivity contribution in [2.45, 2.75) is 6.92 Å². The zero-order valence-electron chi connectivity index (χ0n) is 10.5. The molecule has 0 N–H and O–H groups in total. The third-order valence-electron chi connectivity index (χ3n) is 2.46. The molecule has 0 saturated heterocycles. The zero-order chi connectivity index (χ0) is 13.8. The molecule has 0 bridgehead atoms. The summed E-state index contributed by atoms with van der Waals surface area (Å²) in [6, 6.07) is 10.7. The quantitative estimate of drug-likeness (QED) is 0.863. The van der Waals surface area contributed by atoms with Crippen molar-refractivity contribution >= 4 is 15.9 Å². The van der Waals surface area contributed by atoms with Crippen molar-refractivity contribution in [1.29, 1.82) is 5.26 Å². The number of pyridine rings is 1. The third-order valence-corrected chi connectivity index (χ3v) is 3.30. The predicted molar refractivity (Wildman–Crippen MR) is 74.5 cm³/mol. The van der Waals surface area contributed by atoms with E-state index in [1.165, 1.54) is 0 Å². The van der Waals surface area contributed by atoms with E-state index in [0.29, 0.717) is 22.9 Å². The van der Waals surface area contributed by atoms with Gasteiger partial charge in [0.05, 0.1) is 24.4 Å². The first-order valence-corrected chi connectivity index (χ1v) is 6.32. The molecule has 0 aliphatic heterocycles. The van der Waals surface area contributed by atoms with Crippen LogP contribution in [0.15, 0.2) is 34.8 Å². The summed E-state index contributed by atoms with van der Waals surface area (Å²) in [6.45, 7) is 1.88. The molecule has 0 amide bonds. The minimum absolute atomic E-state index is 0.470. The lowest BCUT2D eigenvalue weighted by atomic mass is 10.2. The Morgan fingerprint density at radius 3 is 2.58 bits per heavy atom. The van der Waals surface area contributed by atoms with Crippen LogP contribution in [0.5, 0.6) is 17.4 Å². The number of halogens is 1. The number of hydrogen-bond acceptors (Lipinski definition) is 4. The number of nitriles is 1. The summed E-state index contributed by atoms with van der Waals surface area (Å²) < 4.78 is 11.7. The summed E-state index contributed by atoms with van der Waals surface area (Å²) in [5, 5.41) is 8.95. The molecule has 19 heavy (non-hydrogen) atoms. The van der Waals surface area contributed by atoms with Crippen molar-refractivity contribution in [1.82, 2.24) is 4.98 Å². The molecule has 0 radical (unpaired) electrons. The predicted octanol–water partition coefficient (Wildman–Crippen LogP) is 3.83. The Bertz CT molecular complexity index is 650. The molecule has 0 atom stereocenters. The van der Waals surface area contributed by atoms with Gasteiger partial charge in [0.15, 0.2) is 0 Å². The highest BCUT2D eigenvalue weighted by Gasteiger charge is 2.05. The Balaban J connectivity index is 2.32. The fourth-order valence-corrected chi connectivity index (χ4v) is 1.73. The van der Waals surface area contributed by atoms with Crippen molar-refractivity contribution in [3.05, 3.63) is 46.1 Å². The van der Waals surface area contributed by atoms with Crippen molar-refractivity contribution in [2.75, 3.05) is 7.11 Å². The zero-order valence-corrected chi connectivity index (χ0v) is 12.1. The van der Waals surface area contributed by atoms with Gasteiger partial charge in [-0.3, -0.25) is 0 Å². The smallest absolute Gasteiger partial charge is 0.219 e. The molecule has 1 aromatic carbocycles. The summed E-state index contributed by atoms with van der Waals surface area (Å²) in [6.07, 6.45) is 0. The van der Waals surface area contributed by atoms with E-state index in [4.69, 9.17) is 14.7 Å². The molecular formula is C14H11BrN2O2.